The van der Waals surface area contributed by atoms with Crippen molar-refractivity contribution in [2.75, 3.05) is 18.4 Å². The molecule has 0 atom stereocenters. The van der Waals surface area contributed by atoms with Gasteiger partial charge in [-0.1, -0.05) is 0 Å². The molecule has 0 bridgehead atoms. The van der Waals surface area contributed by atoms with Crippen LogP contribution in [-0.2, 0) is 11.3 Å². The van der Waals surface area contributed by atoms with Gasteiger partial charge in [-0.25, -0.2) is 9.38 Å². The normalized spacial score (nSPS) is 10.7. The van der Waals surface area contributed by atoms with Crippen LogP contribution in [0.1, 0.15) is 12.7 Å². The quantitative estimate of drug-likeness (QED) is 0.362. The molecule has 0 spiro atoms. The van der Waals surface area contributed by atoms with E-state index in [1.165, 1.54) is 24.3 Å². The number of anilines is 1. The first-order valence-electron chi connectivity index (χ1n) is 7.27. The molecule has 1 aromatic carbocycles. The molecule has 0 radical (unpaired) electrons. The second-order valence-corrected chi connectivity index (χ2v) is 4.68. The van der Waals surface area contributed by atoms with E-state index in [0.29, 0.717) is 24.7 Å². The number of carbonyl (C=O) groups excluding carboxylic acids is 1. The Labute approximate surface area is 156 Å². The fourth-order valence-corrected chi connectivity index (χ4v) is 1.81. The number of amides is 1. The second kappa shape index (κ2) is 10.6. The van der Waals surface area contributed by atoms with Gasteiger partial charge in [-0.2, -0.15) is 0 Å². The maximum absolute atomic E-state index is 12.8. The van der Waals surface area contributed by atoms with Crippen molar-refractivity contribution < 1.29 is 13.6 Å². The molecule has 1 heterocycles. The molecule has 2 rings (SSSR count). The van der Waals surface area contributed by atoms with Gasteiger partial charge in [0.05, 0.1) is 12.8 Å². The maximum atomic E-state index is 12.8. The predicted molar refractivity (Wildman–Crippen MR) is 102 cm³/mol. The van der Waals surface area contributed by atoms with E-state index in [1.807, 2.05) is 13.0 Å². The summed E-state index contributed by atoms with van der Waals surface area (Å²) < 4.78 is 18.0. The molecule has 24 heavy (non-hydrogen) atoms. The molecule has 3 N–H and O–H groups in total. The zero-order valence-electron chi connectivity index (χ0n) is 13.2. The van der Waals surface area contributed by atoms with Crippen molar-refractivity contribution >= 4 is 41.5 Å². The van der Waals surface area contributed by atoms with Gasteiger partial charge in [0.15, 0.2) is 5.96 Å². The van der Waals surface area contributed by atoms with Crippen LogP contribution in [0.15, 0.2) is 52.1 Å². The van der Waals surface area contributed by atoms with Gasteiger partial charge >= 0.3 is 0 Å². The summed E-state index contributed by atoms with van der Waals surface area (Å²) >= 11 is 0. The average Bonchev–Trinajstić information content (AvgIpc) is 3.06. The largest absolute Gasteiger partial charge is 0.467 e. The van der Waals surface area contributed by atoms with Crippen LogP contribution in [0, 0.1) is 5.82 Å². The molecular weight excluding hydrogens is 426 g/mol. The number of guanidine groups is 1. The van der Waals surface area contributed by atoms with E-state index < -0.39 is 0 Å². The minimum atomic E-state index is -0.349. The molecule has 0 aliphatic rings. The number of furan rings is 1. The molecule has 1 aromatic heterocycles. The Kier molecular flexibility index (Phi) is 8.84. The van der Waals surface area contributed by atoms with Gasteiger partial charge in [-0.15, -0.1) is 24.0 Å². The molecule has 0 fully saturated rings. The van der Waals surface area contributed by atoms with Gasteiger partial charge in [-0.3, -0.25) is 4.79 Å². The van der Waals surface area contributed by atoms with Gasteiger partial charge in [0.2, 0.25) is 5.91 Å². The Hall–Kier alpha value is -2.10. The van der Waals surface area contributed by atoms with E-state index in [0.717, 1.165) is 5.76 Å². The number of rotatable bonds is 6. The number of aliphatic imine (C=N–C) groups is 1. The molecule has 8 heteroatoms. The van der Waals surface area contributed by atoms with Crippen LogP contribution in [0.5, 0.6) is 0 Å². The first kappa shape index (κ1) is 19.9. The minimum absolute atomic E-state index is 0. The molecule has 6 nitrogen and oxygen atoms in total. The van der Waals surface area contributed by atoms with Crippen molar-refractivity contribution in [3.05, 3.63) is 54.2 Å². The van der Waals surface area contributed by atoms with E-state index in [4.69, 9.17) is 4.42 Å². The smallest absolute Gasteiger partial charge is 0.246 e. The van der Waals surface area contributed by atoms with Crippen molar-refractivity contribution in [2.45, 2.75) is 13.5 Å². The van der Waals surface area contributed by atoms with Crippen LogP contribution < -0.4 is 16.0 Å². The Bertz CT molecular complexity index is 645. The van der Waals surface area contributed by atoms with Gasteiger partial charge in [0.1, 0.15) is 18.1 Å². The molecule has 0 aliphatic heterocycles. The summed E-state index contributed by atoms with van der Waals surface area (Å²) in [5.41, 5.74) is 0.528. The number of nitrogens with zero attached hydrogens (tertiary/aromatic N) is 1. The van der Waals surface area contributed by atoms with Crippen LogP contribution >= 0.6 is 24.0 Å². The van der Waals surface area contributed by atoms with Gasteiger partial charge < -0.3 is 20.4 Å². The van der Waals surface area contributed by atoms with E-state index >= 15 is 0 Å². The molecule has 2 aromatic rings. The van der Waals surface area contributed by atoms with Gasteiger partial charge in [0, 0.05) is 12.2 Å². The summed E-state index contributed by atoms with van der Waals surface area (Å²) in [7, 11) is 0. The van der Waals surface area contributed by atoms with Crippen molar-refractivity contribution in [2.24, 2.45) is 4.99 Å². The molecule has 0 unspecified atom stereocenters. The Morgan fingerprint density at radius 1 is 1.21 bits per heavy atom. The summed E-state index contributed by atoms with van der Waals surface area (Å²) in [5.74, 6) is 0.647. The lowest BCUT2D eigenvalue weighted by atomic mass is 10.3. The highest BCUT2D eigenvalue weighted by Crippen LogP contribution is 2.07. The average molecular weight is 446 g/mol. The first-order chi connectivity index (χ1) is 11.2. The van der Waals surface area contributed by atoms with Crippen LogP contribution in [0.2, 0.25) is 0 Å². The monoisotopic (exact) mass is 446 g/mol. The summed E-state index contributed by atoms with van der Waals surface area (Å²) in [6.07, 6.45) is 1.59. The third-order valence-corrected chi connectivity index (χ3v) is 2.86. The fourth-order valence-electron chi connectivity index (χ4n) is 1.81. The highest BCUT2D eigenvalue weighted by atomic mass is 127. The van der Waals surface area contributed by atoms with Crippen molar-refractivity contribution in [3.63, 3.8) is 0 Å². The number of hydrogen-bond donors (Lipinski definition) is 3. The maximum Gasteiger partial charge on any atom is 0.246 e. The third-order valence-electron chi connectivity index (χ3n) is 2.86. The number of benzene rings is 1. The van der Waals surface area contributed by atoms with Crippen LogP contribution in [-0.4, -0.2) is 25.0 Å². The van der Waals surface area contributed by atoms with Crippen molar-refractivity contribution in [3.8, 4) is 0 Å². The van der Waals surface area contributed by atoms with Crippen LogP contribution in [0.4, 0.5) is 10.1 Å². The van der Waals surface area contributed by atoms with Gasteiger partial charge in [0.25, 0.3) is 0 Å². The van der Waals surface area contributed by atoms with E-state index in [-0.39, 0.29) is 42.2 Å². The van der Waals surface area contributed by atoms with Crippen LogP contribution in [0.3, 0.4) is 0 Å². The summed E-state index contributed by atoms with van der Waals surface area (Å²) in [6.45, 7) is 3.02. The molecule has 130 valence electrons. The Morgan fingerprint density at radius 2 is 1.96 bits per heavy atom. The Morgan fingerprint density at radius 3 is 2.58 bits per heavy atom. The third kappa shape index (κ3) is 6.99. The molecule has 0 saturated carbocycles. The van der Waals surface area contributed by atoms with Crippen LogP contribution in [0.25, 0.3) is 0 Å². The number of nitrogens with one attached hydrogen (secondary N) is 3. The van der Waals surface area contributed by atoms with E-state index in [9.17, 15) is 9.18 Å². The van der Waals surface area contributed by atoms with E-state index in [2.05, 4.69) is 20.9 Å². The summed E-state index contributed by atoms with van der Waals surface area (Å²) in [5, 5.41) is 8.75. The highest BCUT2D eigenvalue weighted by Gasteiger charge is 2.04. The molecule has 0 aliphatic carbocycles. The zero-order valence-corrected chi connectivity index (χ0v) is 15.5. The molecule has 0 saturated heterocycles. The lowest BCUT2D eigenvalue weighted by Crippen LogP contribution is -2.37. The van der Waals surface area contributed by atoms with Gasteiger partial charge in [-0.05, 0) is 43.3 Å². The Balaban J connectivity index is 0.00000288. The highest BCUT2D eigenvalue weighted by molar-refractivity contribution is 14.0. The number of hydrogen-bond acceptors (Lipinski definition) is 3. The standard InChI is InChI=1S/C16H19FN4O2.HI/c1-2-18-16(19-10-14-4-3-9-23-14)20-11-15(22)21-13-7-5-12(17)6-8-13;/h3-9H,2,10-11H2,1H3,(H,21,22)(H2,18,19,20);1H. The SMILES string of the molecule is CCNC(=NCC(=O)Nc1ccc(F)cc1)NCc1ccco1.I. The lowest BCUT2D eigenvalue weighted by Gasteiger charge is -2.10. The second-order valence-electron chi connectivity index (χ2n) is 4.68. The zero-order chi connectivity index (χ0) is 16.5. The van der Waals surface area contributed by atoms with Crippen molar-refractivity contribution in [1.82, 2.24) is 10.6 Å². The predicted octanol–water partition coefficient (Wildman–Crippen LogP) is 2.73. The number of carbonyl (C=O) groups is 1. The topological polar surface area (TPSA) is 78.7 Å². The first-order valence-corrected chi connectivity index (χ1v) is 7.27. The molecule has 1 amide bonds. The number of halogens is 2. The minimum Gasteiger partial charge on any atom is -0.467 e. The van der Waals surface area contributed by atoms with E-state index in [1.54, 1.807) is 12.3 Å². The summed E-state index contributed by atoms with van der Waals surface area (Å²) in [6, 6.07) is 9.21. The molecular formula is C16H20FIN4O2. The lowest BCUT2D eigenvalue weighted by molar-refractivity contribution is -0.114. The van der Waals surface area contributed by atoms with Crippen molar-refractivity contribution in [1.29, 1.82) is 0 Å². The summed E-state index contributed by atoms with van der Waals surface area (Å²) in [4.78, 5) is 16.0. The fraction of sp³-hybridized carbons (Fsp3) is 0.250.